The van der Waals surface area contributed by atoms with E-state index in [4.69, 9.17) is 9.84 Å². The molecule has 0 unspecified atom stereocenters. The third kappa shape index (κ3) is 2.20. The van der Waals surface area contributed by atoms with Gasteiger partial charge in [0.2, 0.25) is 0 Å². The van der Waals surface area contributed by atoms with Gasteiger partial charge in [0, 0.05) is 37.9 Å². The first-order valence-electron chi connectivity index (χ1n) is 7.28. The minimum atomic E-state index is -0.998. The molecule has 3 rings (SSSR count). The van der Waals surface area contributed by atoms with Crippen LogP contribution < -0.4 is 0 Å². The van der Waals surface area contributed by atoms with E-state index in [1.807, 2.05) is 4.57 Å². The molecular weight excluding hydrogens is 284 g/mol. The molecule has 0 atom stereocenters. The van der Waals surface area contributed by atoms with E-state index in [1.165, 1.54) is 4.90 Å². The molecule has 7 heteroatoms. The predicted octanol–water partition coefficient (Wildman–Crippen LogP) is 1.62. The fraction of sp³-hybridized carbons (Fsp3) is 0.533. The van der Waals surface area contributed by atoms with Crippen molar-refractivity contribution in [2.75, 3.05) is 19.8 Å². The number of rotatable bonds is 1. The topological polar surface area (TPSA) is 102 Å². The number of carboxylic acid groups (broad SMARTS) is 1. The summed E-state index contributed by atoms with van der Waals surface area (Å²) in [6, 6.07) is 4.26. The Morgan fingerprint density at radius 1 is 1.18 bits per heavy atom. The van der Waals surface area contributed by atoms with Crippen molar-refractivity contribution in [2.24, 2.45) is 0 Å². The molecule has 0 bridgehead atoms. The van der Waals surface area contributed by atoms with Gasteiger partial charge < -0.3 is 19.3 Å². The van der Waals surface area contributed by atoms with Gasteiger partial charge in [0.15, 0.2) is 0 Å². The number of nitrogens with zero attached hydrogens (tertiary/aromatic N) is 4. The van der Waals surface area contributed by atoms with Crippen molar-refractivity contribution in [1.82, 2.24) is 9.47 Å². The lowest BCUT2D eigenvalue weighted by Gasteiger charge is -2.30. The smallest absolute Gasteiger partial charge is 0.407 e. The Kier molecular flexibility index (Phi) is 3.74. The van der Waals surface area contributed by atoms with Gasteiger partial charge in [-0.05, 0) is 12.8 Å². The Labute approximate surface area is 127 Å². The Morgan fingerprint density at radius 3 is 2.45 bits per heavy atom. The second-order valence-electron chi connectivity index (χ2n) is 5.55. The van der Waals surface area contributed by atoms with E-state index in [-0.39, 0.29) is 12.5 Å². The summed E-state index contributed by atoms with van der Waals surface area (Å²) >= 11 is 0. The average Bonchev–Trinajstić information content (AvgIpc) is 2.87. The highest BCUT2D eigenvalue weighted by Gasteiger charge is 2.33. The molecule has 2 aliphatic rings. The zero-order valence-corrected chi connectivity index (χ0v) is 12.1. The number of carbonyl (C=O) groups is 1. The van der Waals surface area contributed by atoms with Crippen LogP contribution >= 0.6 is 0 Å². The maximum Gasteiger partial charge on any atom is 0.407 e. The van der Waals surface area contributed by atoms with Gasteiger partial charge >= 0.3 is 6.09 Å². The predicted molar refractivity (Wildman–Crippen MR) is 75.1 cm³/mol. The van der Waals surface area contributed by atoms with E-state index in [9.17, 15) is 15.3 Å². The Bertz CT molecular complexity index is 689. The van der Waals surface area contributed by atoms with Crippen LogP contribution in [0.1, 0.15) is 41.3 Å². The summed E-state index contributed by atoms with van der Waals surface area (Å²) in [5.41, 5.74) is 2.28. The first kappa shape index (κ1) is 14.4. The Morgan fingerprint density at radius 2 is 1.86 bits per heavy atom. The maximum atomic E-state index is 11.2. The third-order valence-electron chi connectivity index (χ3n) is 4.45. The minimum Gasteiger partial charge on any atom is -0.465 e. The second-order valence-corrected chi connectivity index (χ2v) is 5.55. The van der Waals surface area contributed by atoms with Crippen molar-refractivity contribution in [1.29, 1.82) is 10.5 Å². The zero-order valence-electron chi connectivity index (χ0n) is 12.1. The van der Waals surface area contributed by atoms with Crippen molar-refractivity contribution in [3.8, 4) is 12.1 Å². The molecule has 7 nitrogen and oxygen atoms in total. The van der Waals surface area contributed by atoms with Gasteiger partial charge in [0.25, 0.3) is 0 Å². The summed E-state index contributed by atoms with van der Waals surface area (Å²) in [5, 5.41) is 28.1. The fourth-order valence-corrected chi connectivity index (χ4v) is 3.38. The first-order chi connectivity index (χ1) is 10.7. The molecule has 1 saturated heterocycles. The lowest BCUT2D eigenvalue weighted by Crippen LogP contribution is -2.38. The van der Waals surface area contributed by atoms with Crippen LogP contribution in [-0.4, -0.2) is 40.4 Å². The molecule has 0 aromatic carbocycles. The second kappa shape index (κ2) is 5.70. The monoisotopic (exact) mass is 300 g/mol. The number of aromatic nitrogens is 1. The highest BCUT2D eigenvalue weighted by atomic mass is 16.5. The van der Waals surface area contributed by atoms with Gasteiger partial charge in [-0.15, -0.1) is 0 Å². The lowest BCUT2D eigenvalue weighted by atomic mass is 9.93. The average molecular weight is 300 g/mol. The standard InChI is InChI=1S/C15H16N4O3/c16-7-11-12(8-17)14(10-1-5-22-6-2-10)19-4-3-18(15(20)21)9-13(11)19/h10H,1-6,9H2,(H,20,21). The van der Waals surface area contributed by atoms with Crippen LogP contribution in [0.25, 0.3) is 0 Å². The molecule has 0 saturated carbocycles. The van der Waals surface area contributed by atoms with E-state index in [1.54, 1.807) is 0 Å². The number of ether oxygens (including phenoxy) is 1. The van der Waals surface area contributed by atoms with E-state index < -0.39 is 6.09 Å². The summed E-state index contributed by atoms with van der Waals surface area (Å²) in [7, 11) is 0. The van der Waals surface area contributed by atoms with Crippen molar-refractivity contribution >= 4 is 6.09 Å². The molecule has 1 aromatic heterocycles. The van der Waals surface area contributed by atoms with Gasteiger partial charge in [-0.3, -0.25) is 0 Å². The van der Waals surface area contributed by atoms with E-state index in [2.05, 4.69) is 12.1 Å². The van der Waals surface area contributed by atoms with Crippen molar-refractivity contribution in [3.05, 3.63) is 22.5 Å². The highest BCUT2D eigenvalue weighted by molar-refractivity contribution is 5.66. The molecule has 114 valence electrons. The Hall–Kier alpha value is -2.51. The number of nitriles is 2. The normalized spacial score (nSPS) is 18.4. The van der Waals surface area contributed by atoms with Gasteiger partial charge in [0.1, 0.15) is 12.1 Å². The van der Waals surface area contributed by atoms with E-state index in [0.717, 1.165) is 18.5 Å². The molecule has 1 amide bonds. The van der Waals surface area contributed by atoms with Crippen LogP contribution in [-0.2, 0) is 17.8 Å². The molecule has 3 heterocycles. The summed E-state index contributed by atoms with van der Waals surface area (Å²) in [6.45, 7) is 2.34. The molecular formula is C15H16N4O3. The van der Waals surface area contributed by atoms with Crippen LogP contribution in [0.15, 0.2) is 0 Å². The largest absolute Gasteiger partial charge is 0.465 e. The fourth-order valence-electron chi connectivity index (χ4n) is 3.38. The SMILES string of the molecule is N#Cc1c(C#N)c(C2CCOCC2)n2c1CN(C(=O)O)CC2. The lowest BCUT2D eigenvalue weighted by molar-refractivity contribution is 0.0829. The summed E-state index contributed by atoms with van der Waals surface area (Å²) in [6.07, 6.45) is 0.652. The van der Waals surface area contributed by atoms with Crippen molar-refractivity contribution in [3.63, 3.8) is 0 Å². The van der Waals surface area contributed by atoms with Crippen molar-refractivity contribution < 1.29 is 14.6 Å². The van der Waals surface area contributed by atoms with Crippen LogP contribution in [0.4, 0.5) is 4.79 Å². The third-order valence-corrected chi connectivity index (χ3v) is 4.45. The summed E-state index contributed by atoms with van der Waals surface area (Å²) in [4.78, 5) is 12.5. The van der Waals surface area contributed by atoms with Crippen LogP contribution in [0, 0.1) is 22.7 Å². The summed E-state index contributed by atoms with van der Waals surface area (Å²) < 4.78 is 7.37. The van der Waals surface area contributed by atoms with Crippen LogP contribution in [0.3, 0.4) is 0 Å². The van der Waals surface area contributed by atoms with Crippen LogP contribution in [0.5, 0.6) is 0 Å². The number of hydrogen-bond donors (Lipinski definition) is 1. The zero-order chi connectivity index (χ0) is 15.7. The number of amides is 1. The number of fused-ring (bicyclic) bond motifs is 1. The molecule has 0 aliphatic carbocycles. The molecule has 1 fully saturated rings. The van der Waals surface area contributed by atoms with Gasteiger partial charge in [-0.1, -0.05) is 0 Å². The first-order valence-corrected chi connectivity index (χ1v) is 7.28. The Balaban J connectivity index is 2.10. The quantitative estimate of drug-likeness (QED) is 0.849. The van der Waals surface area contributed by atoms with Gasteiger partial charge in [0.05, 0.1) is 23.4 Å². The van der Waals surface area contributed by atoms with Crippen LogP contribution in [0.2, 0.25) is 0 Å². The minimum absolute atomic E-state index is 0.163. The highest BCUT2D eigenvalue weighted by Crippen LogP contribution is 2.36. The number of hydrogen-bond acceptors (Lipinski definition) is 4. The van der Waals surface area contributed by atoms with Crippen molar-refractivity contribution in [2.45, 2.75) is 31.8 Å². The molecule has 0 radical (unpaired) electrons. The molecule has 2 aliphatic heterocycles. The molecule has 1 N–H and O–H groups in total. The molecule has 0 spiro atoms. The van der Waals surface area contributed by atoms with E-state index in [0.29, 0.717) is 43.1 Å². The molecule has 22 heavy (non-hydrogen) atoms. The maximum absolute atomic E-state index is 11.2. The summed E-state index contributed by atoms with van der Waals surface area (Å²) in [5.74, 6) is 0.195. The van der Waals surface area contributed by atoms with Gasteiger partial charge in [-0.2, -0.15) is 10.5 Å². The molecule has 1 aromatic rings. The van der Waals surface area contributed by atoms with E-state index >= 15 is 0 Å². The van der Waals surface area contributed by atoms with Gasteiger partial charge in [-0.25, -0.2) is 4.79 Å².